The minimum Gasteiger partial charge on any atom is -0.440 e. The van der Waals surface area contributed by atoms with E-state index in [0.29, 0.717) is 12.1 Å². The summed E-state index contributed by atoms with van der Waals surface area (Å²) in [5.41, 5.74) is -0.102. The first kappa shape index (κ1) is 14.0. The first-order valence-corrected chi connectivity index (χ1v) is 6.24. The Morgan fingerprint density at radius 3 is 2.74 bits per heavy atom. The van der Waals surface area contributed by atoms with Crippen molar-refractivity contribution in [3.63, 3.8) is 0 Å². The molecule has 2 aromatic rings. The molecule has 1 heterocycles. The summed E-state index contributed by atoms with van der Waals surface area (Å²) in [6.07, 6.45) is -1.69. The lowest BCUT2D eigenvalue weighted by atomic mass is 10.1. The van der Waals surface area contributed by atoms with Crippen molar-refractivity contribution in [2.45, 2.75) is 22.8 Å². The lowest BCUT2D eigenvalue weighted by Crippen LogP contribution is -2.10. The van der Waals surface area contributed by atoms with Gasteiger partial charge in [-0.15, -0.1) is 0 Å². The number of nitrogens with zero attached hydrogens (tertiary/aromatic N) is 1. The summed E-state index contributed by atoms with van der Waals surface area (Å²) in [6.45, 7) is 0.382. The Labute approximate surface area is 112 Å². The lowest BCUT2D eigenvalue weighted by Gasteiger charge is -2.13. The van der Waals surface area contributed by atoms with Crippen LogP contribution < -0.4 is 5.32 Å². The van der Waals surface area contributed by atoms with Crippen LogP contribution in [0.4, 0.5) is 13.2 Å². The summed E-state index contributed by atoms with van der Waals surface area (Å²) in [7, 11) is 1.68. The van der Waals surface area contributed by atoms with E-state index in [-0.39, 0.29) is 10.1 Å². The number of hydrogen-bond donors (Lipinski definition) is 1. The van der Waals surface area contributed by atoms with Gasteiger partial charge in [0.15, 0.2) is 0 Å². The van der Waals surface area contributed by atoms with Crippen LogP contribution in [-0.2, 0) is 12.7 Å². The molecular formula is C12H11F3N2OS. The first-order valence-electron chi connectivity index (χ1n) is 5.43. The number of nitrogens with one attached hydrogen (secondary N) is 1. The van der Waals surface area contributed by atoms with Gasteiger partial charge in [0.05, 0.1) is 11.8 Å². The Bertz CT molecular complexity index is 540. The predicted octanol–water partition coefficient (Wildman–Crippen LogP) is 3.56. The van der Waals surface area contributed by atoms with E-state index in [2.05, 4.69) is 10.3 Å². The molecule has 19 heavy (non-hydrogen) atoms. The van der Waals surface area contributed by atoms with E-state index >= 15 is 0 Å². The van der Waals surface area contributed by atoms with Crippen molar-refractivity contribution in [3.05, 3.63) is 41.8 Å². The highest BCUT2D eigenvalue weighted by Gasteiger charge is 2.34. The van der Waals surface area contributed by atoms with Gasteiger partial charge in [0.1, 0.15) is 6.26 Å². The highest BCUT2D eigenvalue weighted by Crippen LogP contribution is 2.39. The normalized spacial score (nSPS) is 11.8. The highest BCUT2D eigenvalue weighted by atomic mass is 32.2. The van der Waals surface area contributed by atoms with E-state index in [1.807, 2.05) is 0 Å². The molecule has 1 N–H and O–H groups in total. The lowest BCUT2D eigenvalue weighted by molar-refractivity contribution is -0.139. The second kappa shape index (κ2) is 5.66. The zero-order chi connectivity index (χ0) is 13.9. The minimum atomic E-state index is -4.40. The van der Waals surface area contributed by atoms with Crippen LogP contribution in [0, 0.1) is 0 Å². The number of aromatic nitrogens is 1. The maximum absolute atomic E-state index is 13.0. The van der Waals surface area contributed by atoms with E-state index < -0.39 is 11.7 Å². The number of oxazole rings is 1. The monoisotopic (exact) mass is 288 g/mol. The summed E-state index contributed by atoms with van der Waals surface area (Å²) in [5.74, 6) is 0. The molecule has 0 atom stereocenters. The average Bonchev–Trinajstić information content (AvgIpc) is 2.83. The van der Waals surface area contributed by atoms with Crippen LogP contribution in [0.1, 0.15) is 11.1 Å². The SMILES string of the molecule is CNCc1ccc(Sc2ncco2)c(C(F)(F)F)c1. The smallest absolute Gasteiger partial charge is 0.417 e. The van der Waals surface area contributed by atoms with Crippen molar-refractivity contribution in [1.29, 1.82) is 0 Å². The fourth-order valence-corrected chi connectivity index (χ4v) is 2.38. The van der Waals surface area contributed by atoms with Gasteiger partial charge in [0.2, 0.25) is 0 Å². The van der Waals surface area contributed by atoms with Crippen LogP contribution in [0.25, 0.3) is 0 Å². The first-order chi connectivity index (χ1) is 9.00. The molecule has 0 amide bonds. The third-order valence-corrected chi connectivity index (χ3v) is 3.29. The molecule has 0 unspecified atom stereocenters. The molecule has 3 nitrogen and oxygen atoms in total. The molecular weight excluding hydrogens is 277 g/mol. The molecule has 0 spiro atoms. The molecule has 0 radical (unpaired) electrons. The van der Waals surface area contributed by atoms with Crippen LogP contribution in [0.15, 0.2) is 45.2 Å². The number of alkyl halides is 3. The third-order valence-electron chi connectivity index (χ3n) is 2.34. The van der Waals surface area contributed by atoms with E-state index in [4.69, 9.17) is 4.42 Å². The minimum absolute atomic E-state index is 0.0785. The Balaban J connectivity index is 2.36. The third kappa shape index (κ3) is 3.51. The highest BCUT2D eigenvalue weighted by molar-refractivity contribution is 7.99. The van der Waals surface area contributed by atoms with Gasteiger partial charge in [-0.3, -0.25) is 0 Å². The molecule has 2 rings (SSSR count). The van der Waals surface area contributed by atoms with Crippen molar-refractivity contribution in [2.24, 2.45) is 0 Å². The van der Waals surface area contributed by atoms with Crippen molar-refractivity contribution < 1.29 is 17.6 Å². The zero-order valence-corrected chi connectivity index (χ0v) is 10.8. The Kier molecular flexibility index (Phi) is 4.16. The fraction of sp³-hybridized carbons (Fsp3) is 0.250. The van der Waals surface area contributed by atoms with E-state index in [9.17, 15) is 13.2 Å². The Morgan fingerprint density at radius 1 is 1.37 bits per heavy atom. The molecule has 7 heteroatoms. The van der Waals surface area contributed by atoms with Gasteiger partial charge < -0.3 is 9.73 Å². The number of benzene rings is 1. The van der Waals surface area contributed by atoms with Crippen LogP contribution in [0.2, 0.25) is 0 Å². The van der Waals surface area contributed by atoms with Gasteiger partial charge in [0, 0.05) is 11.4 Å². The molecule has 0 aliphatic carbocycles. The zero-order valence-electron chi connectivity index (χ0n) is 9.99. The largest absolute Gasteiger partial charge is 0.440 e. The van der Waals surface area contributed by atoms with Crippen LogP contribution >= 0.6 is 11.8 Å². The molecule has 1 aromatic heterocycles. The molecule has 102 valence electrons. The predicted molar refractivity (Wildman–Crippen MR) is 64.8 cm³/mol. The fourth-order valence-electron chi connectivity index (χ4n) is 1.56. The number of halogens is 3. The maximum Gasteiger partial charge on any atom is 0.417 e. The Morgan fingerprint density at radius 2 is 2.16 bits per heavy atom. The van der Waals surface area contributed by atoms with E-state index in [1.165, 1.54) is 18.5 Å². The van der Waals surface area contributed by atoms with Crippen molar-refractivity contribution in [1.82, 2.24) is 10.3 Å². The van der Waals surface area contributed by atoms with Crippen LogP contribution in [0.5, 0.6) is 0 Å². The second-order valence-corrected chi connectivity index (χ2v) is 4.75. The standard InChI is InChI=1S/C12H11F3N2OS/c1-16-7-8-2-3-10(9(6-8)12(13,14)15)19-11-17-4-5-18-11/h2-6,16H,7H2,1H3. The van der Waals surface area contributed by atoms with Crippen LogP contribution in [0.3, 0.4) is 0 Å². The Hall–Kier alpha value is -1.47. The molecule has 0 bridgehead atoms. The topological polar surface area (TPSA) is 38.1 Å². The van der Waals surface area contributed by atoms with Gasteiger partial charge in [-0.25, -0.2) is 4.98 Å². The van der Waals surface area contributed by atoms with Crippen molar-refractivity contribution in [3.8, 4) is 0 Å². The van der Waals surface area contributed by atoms with Crippen molar-refractivity contribution in [2.75, 3.05) is 7.05 Å². The molecule has 1 aromatic carbocycles. The van der Waals surface area contributed by atoms with E-state index in [1.54, 1.807) is 13.1 Å². The summed E-state index contributed by atoms with van der Waals surface area (Å²) in [6, 6.07) is 4.23. The number of hydrogen-bond acceptors (Lipinski definition) is 4. The maximum atomic E-state index is 13.0. The quantitative estimate of drug-likeness (QED) is 0.933. The summed E-state index contributed by atoms with van der Waals surface area (Å²) >= 11 is 0.856. The molecule has 0 saturated heterocycles. The molecule has 0 aliphatic heterocycles. The number of rotatable bonds is 4. The van der Waals surface area contributed by atoms with Gasteiger partial charge in [-0.2, -0.15) is 13.2 Å². The van der Waals surface area contributed by atoms with Crippen molar-refractivity contribution >= 4 is 11.8 Å². The molecule has 0 saturated carbocycles. The average molecular weight is 288 g/mol. The van der Waals surface area contributed by atoms with E-state index in [0.717, 1.165) is 17.8 Å². The van der Waals surface area contributed by atoms with Gasteiger partial charge in [0.25, 0.3) is 5.22 Å². The second-order valence-electron chi connectivity index (χ2n) is 3.76. The summed E-state index contributed by atoms with van der Waals surface area (Å²) in [4.78, 5) is 3.89. The summed E-state index contributed by atoms with van der Waals surface area (Å²) < 4.78 is 44.0. The van der Waals surface area contributed by atoms with Gasteiger partial charge >= 0.3 is 6.18 Å². The summed E-state index contributed by atoms with van der Waals surface area (Å²) in [5, 5.41) is 3.01. The van der Waals surface area contributed by atoms with Crippen LogP contribution in [-0.4, -0.2) is 12.0 Å². The molecule has 0 aliphatic rings. The molecule has 0 fully saturated rings. The van der Waals surface area contributed by atoms with Gasteiger partial charge in [-0.05, 0) is 36.5 Å². The van der Waals surface area contributed by atoms with Gasteiger partial charge in [-0.1, -0.05) is 6.07 Å².